The molecule has 0 fully saturated rings. The fourth-order valence-corrected chi connectivity index (χ4v) is 3.04. The number of nitrogens with one attached hydrogen (secondary N) is 2. The van der Waals surface area contributed by atoms with E-state index in [0.717, 1.165) is 13.0 Å². The summed E-state index contributed by atoms with van der Waals surface area (Å²) in [4.78, 5) is 0. The van der Waals surface area contributed by atoms with Crippen LogP contribution in [0.3, 0.4) is 0 Å². The zero-order valence-electron chi connectivity index (χ0n) is 10.8. The van der Waals surface area contributed by atoms with Crippen LogP contribution >= 0.6 is 27.5 Å². The van der Waals surface area contributed by atoms with E-state index in [9.17, 15) is 8.42 Å². The molecule has 0 saturated heterocycles. The van der Waals surface area contributed by atoms with Gasteiger partial charge in [-0.1, -0.05) is 17.7 Å². The summed E-state index contributed by atoms with van der Waals surface area (Å²) in [6.07, 6.45) is 0.741. The number of hydrogen-bond donors (Lipinski definition) is 2. The molecule has 1 rings (SSSR count). The molecule has 2 N–H and O–H groups in total. The maximum atomic E-state index is 12.1. The van der Waals surface area contributed by atoms with E-state index in [2.05, 4.69) is 26.0 Å². The summed E-state index contributed by atoms with van der Waals surface area (Å²) < 4.78 is 28.5. The minimum Gasteiger partial charge on any atom is -0.320 e. The first kappa shape index (κ1) is 16.7. The lowest BCUT2D eigenvalue weighted by Crippen LogP contribution is -2.34. The zero-order chi connectivity index (χ0) is 14.5. The summed E-state index contributed by atoms with van der Waals surface area (Å²) in [6.45, 7) is 1.20. The Morgan fingerprint density at radius 3 is 2.74 bits per heavy atom. The number of hydrogen-bond acceptors (Lipinski definition) is 3. The van der Waals surface area contributed by atoms with Crippen LogP contribution < -0.4 is 10.0 Å². The molecule has 0 unspecified atom stereocenters. The van der Waals surface area contributed by atoms with Gasteiger partial charge in [-0.3, -0.25) is 4.72 Å². The van der Waals surface area contributed by atoms with Crippen molar-refractivity contribution < 1.29 is 8.42 Å². The highest BCUT2D eigenvalue weighted by molar-refractivity contribution is 9.10. The molecule has 1 aromatic rings. The topological polar surface area (TPSA) is 61.4 Å². The van der Waals surface area contributed by atoms with Crippen molar-refractivity contribution in [3.8, 4) is 0 Å². The molecule has 1 aromatic carbocycles. The molecule has 0 spiro atoms. The van der Waals surface area contributed by atoms with Crippen LogP contribution in [0.15, 0.2) is 22.7 Å². The van der Waals surface area contributed by atoms with Crippen molar-refractivity contribution in [2.24, 2.45) is 0 Å². The Morgan fingerprint density at radius 2 is 2.11 bits per heavy atom. The molecule has 0 aliphatic carbocycles. The molecular weight excluding hydrogens is 354 g/mol. The van der Waals surface area contributed by atoms with Crippen LogP contribution in [0.25, 0.3) is 0 Å². The molecule has 108 valence electrons. The Morgan fingerprint density at radius 1 is 1.42 bits per heavy atom. The lowest BCUT2D eigenvalue weighted by atomic mass is 10.3. The molecule has 0 bridgehead atoms. The van der Waals surface area contributed by atoms with Gasteiger partial charge < -0.3 is 5.32 Å². The summed E-state index contributed by atoms with van der Waals surface area (Å²) in [7, 11) is -0.199. The third-order valence-corrected chi connectivity index (χ3v) is 5.38. The molecule has 0 amide bonds. The molecule has 0 radical (unpaired) electrons. The van der Waals surface area contributed by atoms with Gasteiger partial charge in [-0.2, -0.15) is 12.7 Å². The van der Waals surface area contributed by atoms with E-state index in [1.807, 2.05) is 7.05 Å². The summed E-state index contributed by atoms with van der Waals surface area (Å²) in [5.74, 6) is 0. The molecular formula is C11H17BrClN3O2S. The lowest BCUT2D eigenvalue weighted by Gasteiger charge is -2.19. The number of rotatable bonds is 7. The largest absolute Gasteiger partial charge is 0.320 e. The summed E-state index contributed by atoms with van der Waals surface area (Å²) in [5, 5.41) is 3.43. The lowest BCUT2D eigenvalue weighted by molar-refractivity contribution is 0.462. The molecule has 0 aliphatic rings. The Bertz CT molecular complexity index is 525. The second-order valence-corrected chi connectivity index (χ2v) is 6.96. The van der Waals surface area contributed by atoms with E-state index in [1.54, 1.807) is 18.2 Å². The van der Waals surface area contributed by atoms with Crippen molar-refractivity contribution in [3.63, 3.8) is 0 Å². The van der Waals surface area contributed by atoms with E-state index < -0.39 is 10.2 Å². The predicted octanol–water partition coefficient (Wildman–Crippen LogP) is 2.30. The van der Waals surface area contributed by atoms with Crippen LogP contribution in [0.2, 0.25) is 5.02 Å². The fourth-order valence-electron chi connectivity index (χ4n) is 1.40. The fraction of sp³-hybridized carbons (Fsp3) is 0.455. The first-order valence-corrected chi connectivity index (χ1v) is 8.32. The monoisotopic (exact) mass is 369 g/mol. The van der Waals surface area contributed by atoms with E-state index >= 15 is 0 Å². The minimum atomic E-state index is -3.57. The van der Waals surface area contributed by atoms with Crippen LogP contribution in [0.1, 0.15) is 6.42 Å². The molecule has 0 saturated carbocycles. The van der Waals surface area contributed by atoms with Gasteiger partial charge >= 0.3 is 10.2 Å². The van der Waals surface area contributed by atoms with Gasteiger partial charge in [0.2, 0.25) is 0 Å². The standard InChI is InChI=1S/C11H17BrClN3O2S/c1-14-7-4-8-16(2)19(17,18)15-10-6-3-5-9(13)11(10)12/h3,5-6,14-15H,4,7-8H2,1-2H3. The highest BCUT2D eigenvalue weighted by atomic mass is 79.9. The molecule has 19 heavy (non-hydrogen) atoms. The van der Waals surface area contributed by atoms with E-state index in [4.69, 9.17) is 11.6 Å². The second kappa shape index (κ2) is 7.44. The average Bonchev–Trinajstić information content (AvgIpc) is 2.35. The molecule has 0 aromatic heterocycles. The van der Waals surface area contributed by atoms with Crippen molar-refractivity contribution >= 4 is 43.4 Å². The van der Waals surface area contributed by atoms with E-state index in [-0.39, 0.29) is 0 Å². The minimum absolute atomic E-state index is 0.424. The zero-order valence-corrected chi connectivity index (χ0v) is 13.9. The predicted molar refractivity (Wildman–Crippen MR) is 82.9 cm³/mol. The Hall–Kier alpha value is -0.340. The maximum Gasteiger partial charge on any atom is 0.301 e. The maximum absolute atomic E-state index is 12.1. The van der Waals surface area contributed by atoms with Crippen molar-refractivity contribution in [1.29, 1.82) is 0 Å². The van der Waals surface area contributed by atoms with Crippen LogP contribution in [0, 0.1) is 0 Å². The van der Waals surface area contributed by atoms with Gasteiger partial charge in [-0.25, -0.2) is 0 Å². The molecule has 5 nitrogen and oxygen atoms in total. The molecule has 0 aliphatic heterocycles. The van der Waals surface area contributed by atoms with Crippen LogP contribution in [0.4, 0.5) is 5.69 Å². The quantitative estimate of drug-likeness (QED) is 0.724. The number of anilines is 1. The third-order valence-electron chi connectivity index (χ3n) is 2.50. The van der Waals surface area contributed by atoms with E-state index in [0.29, 0.717) is 21.7 Å². The van der Waals surface area contributed by atoms with Crippen LogP contribution in [0.5, 0.6) is 0 Å². The first-order chi connectivity index (χ1) is 8.88. The van der Waals surface area contributed by atoms with Gasteiger partial charge in [0.1, 0.15) is 0 Å². The van der Waals surface area contributed by atoms with Crippen LogP contribution in [-0.4, -0.2) is 39.9 Å². The van der Waals surface area contributed by atoms with Gasteiger partial charge in [0.15, 0.2) is 0 Å². The number of halogens is 2. The van der Waals surface area contributed by atoms with Gasteiger partial charge in [0.05, 0.1) is 15.2 Å². The summed E-state index contributed by atoms with van der Waals surface area (Å²) >= 11 is 9.18. The third kappa shape index (κ3) is 4.92. The van der Waals surface area contributed by atoms with Crippen molar-refractivity contribution in [3.05, 3.63) is 27.7 Å². The Labute approximate surface area is 127 Å². The second-order valence-electron chi connectivity index (χ2n) is 3.99. The van der Waals surface area contributed by atoms with E-state index in [1.165, 1.54) is 11.4 Å². The number of nitrogens with zero attached hydrogens (tertiary/aromatic N) is 1. The highest BCUT2D eigenvalue weighted by Crippen LogP contribution is 2.30. The van der Waals surface area contributed by atoms with Crippen LogP contribution in [-0.2, 0) is 10.2 Å². The smallest absolute Gasteiger partial charge is 0.301 e. The van der Waals surface area contributed by atoms with Crippen molar-refractivity contribution in [2.45, 2.75) is 6.42 Å². The van der Waals surface area contributed by atoms with Gasteiger partial charge in [0.25, 0.3) is 0 Å². The highest BCUT2D eigenvalue weighted by Gasteiger charge is 2.18. The molecule has 0 atom stereocenters. The van der Waals surface area contributed by atoms with Gasteiger partial charge in [0, 0.05) is 13.6 Å². The first-order valence-electron chi connectivity index (χ1n) is 5.71. The SMILES string of the molecule is CNCCCN(C)S(=O)(=O)Nc1cccc(Cl)c1Br. The molecule has 8 heteroatoms. The number of benzene rings is 1. The van der Waals surface area contributed by atoms with Crippen molar-refractivity contribution in [2.75, 3.05) is 31.9 Å². The van der Waals surface area contributed by atoms with Crippen molar-refractivity contribution in [1.82, 2.24) is 9.62 Å². The van der Waals surface area contributed by atoms with Gasteiger partial charge in [-0.05, 0) is 48.1 Å². The van der Waals surface area contributed by atoms with Gasteiger partial charge in [-0.15, -0.1) is 0 Å². The summed E-state index contributed by atoms with van der Waals surface area (Å²) in [6, 6.07) is 5.01. The normalized spacial score (nSPS) is 11.8. The average molecular weight is 371 g/mol. The Balaban J connectivity index is 2.76. The Kier molecular flexibility index (Phi) is 6.55. The molecule has 0 heterocycles. The summed E-state index contributed by atoms with van der Waals surface area (Å²) in [5.41, 5.74) is 0.424.